The maximum absolute atomic E-state index is 11.1. The standard InChI is InChI=1S/C11H21NO2/c1-8-6-5-7-9(8)12(4)11(2,3)10(13)14/h8-9H,5-7H2,1-4H3,(H,13,14). The lowest BCUT2D eigenvalue weighted by Crippen LogP contribution is -2.53. The number of rotatable bonds is 3. The van der Waals surface area contributed by atoms with Crippen LogP contribution in [0.25, 0.3) is 0 Å². The quantitative estimate of drug-likeness (QED) is 0.755. The van der Waals surface area contributed by atoms with Gasteiger partial charge in [-0.25, -0.2) is 0 Å². The molecule has 0 aromatic rings. The van der Waals surface area contributed by atoms with Gasteiger partial charge in [0, 0.05) is 6.04 Å². The highest BCUT2D eigenvalue weighted by atomic mass is 16.4. The molecule has 1 saturated carbocycles. The summed E-state index contributed by atoms with van der Waals surface area (Å²) in [5.41, 5.74) is -0.747. The van der Waals surface area contributed by atoms with Gasteiger partial charge < -0.3 is 5.11 Å². The zero-order valence-electron chi connectivity index (χ0n) is 9.58. The van der Waals surface area contributed by atoms with Crippen LogP contribution in [0.4, 0.5) is 0 Å². The summed E-state index contributed by atoms with van der Waals surface area (Å²) in [6.45, 7) is 5.77. The monoisotopic (exact) mass is 199 g/mol. The summed E-state index contributed by atoms with van der Waals surface area (Å²) < 4.78 is 0. The minimum atomic E-state index is -0.747. The molecule has 3 heteroatoms. The van der Waals surface area contributed by atoms with Crippen molar-refractivity contribution in [3.05, 3.63) is 0 Å². The number of likely N-dealkylation sites (N-methyl/N-ethyl adjacent to an activating group) is 1. The largest absolute Gasteiger partial charge is 0.480 e. The Morgan fingerprint density at radius 2 is 2.00 bits per heavy atom. The van der Waals surface area contributed by atoms with E-state index in [1.807, 2.05) is 11.9 Å². The molecule has 2 unspecified atom stereocenters. The van der Waals surface area contributed by atoms with Crippen molar-refractivity contribution in [1.82, 2.24) is 4.90 Å². The smallest absolute Gasteiger partial charge is 0.323 e. The Labute approximate surface area is 86.1 Å². The van der Waals surface area contributed by atoms with Crippen molar-refractivity contribution in [3.63, 3.8) is 0 Å². The molecular weight excluding hydrogens is 178 g/mol. The van der Waals surface area contributed by atoms with Crippen molar-refractivity contribution in [2.75, 3.05) is 7.05 Å². The molecule has 0 radical (unpaired) electrons. The van der Waals surface area contributed by atoms with E-state index in [0.29, 0.717) is 12.0 Å². The summed E-state index contributed by atoms with van der Waals surface area (Å²) in [7, 11) is 1.93. The summed E-state index contributed by atoms with van der Waals surface area (Å²) >= 11 is 0. The normalized spacial score (nSPS) is 28.4. The van der Waals surface area contributed by atoms with Gasteiger partial charge in [0.05, 0.1) is 0 Å². The van der Waals surface area contributed by atoms with Crippen molar-refractivity contribution in [1.29, 1.82) is 0 Å². The topological polar surface area (TPSA) is 40.5 Å². The molecule has 0 bridgehead atoms. The molecule has 0 amide bonds. The number of hydrogen-bond acceptors (Lipinski definition) is 2. The fraction of sp³-hybridized carbons (Fsp3) is 0.909. The van der Waals surface area contributed by atoms with Gasteiger partial charge in [0.25, 0.3) is 0 Å². The fourth-order valence-corrected chi connectivity index (χ4v) is 2.27. The number of carboxylic acid groups (broad SMARTS) is 1. The SMILES string of the molecule is CC1CCCC1N(C)C(C)(C)C(=O)O. The second kappa shape index (κ2) is 3.89. The average molecular weight is 199 g/mol. The predicted molar refractivity (Wildman–Crippen MR) is 56.3 cm³/mol. The third kappa shape index (κ3) is 1.92. The van der Waals surface area contributed by atoms with Gasteiger partial charge >= 0.3 is 5.97 Å². The van der Waals surface area contributed by atoms with Crippen molar-refractivity contribution in [2.24, 2.45) is 5.92 Å². The van der Waals surface area contributed by atoms with Crippen molar-refractivity contribution >= 4 is 5.97 Å². The molecule has 0 aromatic carbocycles. The molecule has 1 fully saturated rings. The van der Waals surface area contributed by atoms with E-state index in [1.165, 1.54) is 12.8 Å². The van der Waals surface area contributed by atoms with Crippen LogP contribution in [0.15, 0.2) is 0 Å². The van der Waals surface area contributed by atoms with Crippen LogP contribution in [0.2, 0.25) is 0 Å². The predicted octanol–water partition coefficient (Wildman–Crippen LogP) is 1.97. The molecule has 1 aliphatic carbocycles. The zero-order chi connectivity index (χ0) is 10.9. The van der Waals surface area contributed by atoms with E-state index in [-0.39, 0.29) is 0 Å². The first kappa shape index (κ1) is 11.5. The molecule has 1 rings (SSSR count). The van der Waals surface area contributed by atoms with Crippen LogP contribution in [-0.4, -0.2) is 34.6 Å². The van der Waals surface area contributed by atoms with Gasteiger partial charge in [-0.2, -0.15) is 0 Å². The highest BCUT2D eigenvalue weighted by molar-refractivity contribution is 5.77. The molecule has 1 N–H and O–H groups in total. The fourth-order valence-electron chi connectivity index (χ4n) is 2.27. The Morgan fingerprint density at radius 3 is 2.36 bits per heavy atom. The Bertz CT molecular complexity index is 225. The van der Waals surface area contributed by atoms with E-state index in [2.05, 4.69) is 6.92 Å². The van der Waals surface area contributed by atoms with E-state index < -0.39 is 11.5 Å². The van der Waals surface area contributed by atoms with E-state index in [9.17, 15) is 4.79 Å². The first-order valence-corrected chi connectivity index (χ1v) is 5.33. The Morgan fingerprint density at radius 1 is 1.43 bits per heavy atom. The molecule has 0 saturated heterocycles. The van der Waals surface area contributed by atoms with Gasteiger partial charge in [0.1, 0.15) is 5.54 Å². The van der Waals surface area contributed by atoms with Crippen LogP contribution in [0.1, 0.15) is 40.0 Å². The summed E-state index contributed by atoms with van der Waals surface area (Å²) in [5.74, 6) is -0.113. The Hall–Kier alpha value is -0.570. The number of hydrogen-bond donors (Lipinski definition) is 1. The number of aliphatic carboxylic acids is 1. The molecule has 1 aliphatic rings. The highest BCUT2D eigenvalue weighted by Gasteiger charge is 2.39. The van der Waals surface area contributed by atoms with Crippen LogP contribution in [0.3, 0.4) is 0 Å². The third-order valence-electron chi connectivity index (χ3n) is 3.72. The first-order valence-electron chi connectivity index (χ1n) is 5.33. The lowest BCUT2D eigenvalue weighted by molar-refractivity contribution is -0.150. The summed E-state index contributed by atoms with van der Waals surface area (Å²) in [6, 6.07) is 0.432. The van der Waals surface area contributed by atoms with E-state index >= 15 is 0 Å². The summed E-state index contributed by atoms with van der Waals surface area (Å²) in [4.78, 5) is 13.1. The molecule has 3 nitrogen and oxygen atoms in total. The number of carboxylic acids is 1. The van der Waals surface area contributed by atoms with Gasteiger partial charge in [0.15, 0.2) is 0 Å². The second-order valence-corrected chi connectivity index (χ2v) is 4.95. The van der Waals surface area contributed by atoms with Crippen molar-refractivity contribution in [3.8, 4) is 0 Å². The first-order chi connectivity index (χ1) is 6.37. The maximum atomic E-state index is 11.1. The molecule has 14 heavy (non-hydrogen) atoms. The molecule has 0 aromatic heterocycles. The van der Waals surface area contributed by atoms with Crippen LogP contribution in [0.5, 0.6) is 0 Å². The van der Waals surface area contributed by atoms with E-state index in [1.54, 1.807) is 13.8 Å². The second-order valence-electron chi connectivity index (χ2n) is 4.95. The van der Waals surface area contributed by atoms with Crippen molar-refractivity contribution < 1.29 is 9.90 Å². The molecule has 0 aliphatic heterocycles. The van der Waals surface area contributed by atoms with Crippen molar-refractivity contribution in [2.45, 2.75) is 51.6 Å². The average Bonchev–Trinajstić information content (AvgIpc) is 2.49. The van der Waals surface area contributed by atoms with Gasteiger partial charge in [-0.15, -0.1) is 0 Å². The van der Waals surface area contributed by atoms with E-state index in [4.69, 9.17) is 5.11 Å². The maximum Gasteiger partial charge on any atom is 0.323 e. The summed E-state index contributed by atoms with van der Waals surface area (Å²) in [6.07, 6.45) is 3.59. The van der Waals surface area contributed by atoms with Gasteiger partial charge in [-0.05, 0) is 39.7 Å². The van der Waals surface area contributed by atoms with Gasteiger partial charge in [-0.1, -0.05) is 13.3 Å². The van der Waals surface area contributed by atoms with E-state index in [0.717, 1.165) is 6.42 Å². The minimum absolute atomic E-state index is 0.432. The van der Waals surface area contributed by atoms with Crippen LogP contribution in [0, 0.1) is 5.92 Å². The van der Waals surface area contributed by atoms with Gasteiger partial charge in [-0.3, -0.25) is 9.69 Å². The molecule has 0 heterocycles. The molecule has 82 valence electrons. The lowest BCUT2D eigenvalue weighted by Gasteiger charge is -2.38. The van der Waals surface area contributed by atoms with Crippen LogP contribution < -0.4 is 0 Å². The Balaban J connectivity index is 2.73. The molecule has 0 spiro atoms. The minimum Gasteiger partial charge on any atom is -0.480 e. The number of nitrogens with zero attached hydrogens (tertiary/aromatic N) is 1. The third-order valence-corrected chi connectivity index (χ3v) is 3.72. The Kier molecular flexibility index (Phi) is 3.20. The highest BCUT2D eigenvalue weighted by Crippen LogP contribution is 2.32. The summed E-state index contributed by atoms with van der Waals surface area (Å²) in [5, 5.41) is 9.12. The van der Waals surface area contributed by atoms with Crippen LogP contribution in [-0.2, 0) is 4.79 Å². The molecular formula is C11H21NO2. The number of carbonyl (C=O) groups is 1. The van der Waals surface area contributed by atoms with Gasteiger partial charge in [0.2, 0.25) is 0 Å². The van der Waals surface area contributed by atoms with Crippen LogP contribution >= 0.6 is 0 Å². The zero-order valence-corrected chi connectivity index (χ0v) is 9.58. The molecule has 2 atom stereocenters. The lowest BCUT2D eigenvalue weighted by atomic mass is 9.97.